The minimum Gasteiger partial charge on any atom is -0.462 e. The molecule has 0 aliphatic carbocycles. The Kier molecular flexibility index (Phi) is 14.3. The first kappa shape index (κ1) is 50.4. The number of ketones is 1. The van der Waals surface area contributed by atoms with Crippen LogP contribution in [0, 0.1) is 17.8 Å². The topological polar surface area (TPSA) is 189 Å². The van der Waals surface area contributed by atoms with E-state index in [1.54, 1.807) is 83.1 Å². The van der Waals surface area contributed by atoms with E-state index in [0.29, 0.717) is 12.8 Å². The molecule has 4 radical (unpaired) electrons. The zero-order valence-electron chi connectivity index (χ0n) is 39.5. The van der Waals surface area contributed by atoms with E-state index in [0.717, 1.165) is 20.3 Å². The summed E-state index contributed by atoms with van der Waals surface area (Å²) >= 11 is 0. The van der Waals surface area contributed by atoms with Crippen molar-refractivity contribution in [2.45, 2.75) is 244 Å². The van der Waals surface area contributed by atoms with Crippen LogP contribution in [0.2, 0.25) is 0 Å². The summed E-state index contributed by atoms with van der Waals surface area (Å²) in [7, 11) is 0. The van der Waals surface area contributed by atoms with Gasteiger partial charge in [0.05, 0.1) is 18.8 Å². The first-order chi connectivity index (χ1) is 26.9. The molecule has 0 N–H and O–H groups in total. The molecule has 4 aliphatic heterocycles. The van der Waals surface area contributed by atoms with E-state index in [9.17, 15) is 40.0 Å². The van der Waals surface area contributed by atoms with Crippen LogP contribution in [0.4, 0.5) is 0 Å². The Bertz CT molecular complexity index is 1420. The van der Waals surface area contributed by atoms with E-state index in [1.165, 1.54) is 0 Å². The summed E-state index contributed by atoms with van der Waals surface area (Å²) in [6.45, 7) is 28.6. The molecule has 0 aromatic heterocycles. The average molecular weight is 849 g/mol. The molecule has 342 valence electrons. The third-order valence-electron chi connectivity index (χ3n) is 13.7. The zero-order valence-corrected chi connectivity index (χ0v) is 39.5. The number of carbonyl (C=O) groups is 4. The van der Waals surface area contributed by atoms with Gasteiger partial charge >= 0.3 is 17.9 Å². The van der Waals surface area contributed by atoms with Crippen LogP contribution >= 0.6 is 0 Å². The average Bonchev–Trinajstić information content (AvgIpc) is 3.04. The summed E-state index contributed by atoms with van der Waals surface area (Å²) < 4.78 is 18.3. The van der Waals surface area contributed by atoms with Crippen molar-refractivity contribution in [1.29, 1.82) is 0 Å². The van der Waals surface area contributed by atoms with Gasteiger partial charge in [0.25, 0.3) is 0 Å². The Hall–Kier alpha value is -2.24. The fraction of sp³-hybridized carbons (Fsp3) is 0.911. The molecular weight excluding hydrogens is 773 g/mol. The van der Waals surface area contributed by atoms with Crippen LogP contribution in [0.25, 0.3) is 0 Å². The van der Waals surface area contributed by atoms with Gasteiger partial charge in [-0.2, -0.15) is 0 Å². The molecule has 0 aromatic rings. The Morgan fingerprint density at radius 3 is 0.967 bits per heavy atom. The maximum atomic E-state index is 14.9. The Balaban J connectivity index is 1.72. The van der Waals surface area contributed by atoms with Gasteiger partial charge in [-0.3, -0.25) is 19.2 Å². The van der Waals surface area contributed by atoms with Crippen molar-refractivity contribution in [3.05, 3.63) is 0 Å². The molecule has 15 nitrogen and oxygen atoms in total. The van der Waals surface area contributed by atoms with Crippen LogP contribution < -0.4 is 0 Å². The van der Waals surface area contributed by atoms with Gasteiger partial charge in [-0.15, -0.1) is 41.1 Å². The van der Waals surface area contributed by atoms with Gasteiger partial charge in [-0.25, -0.2) is 0 Å². The highest BCUT2D eigenvalue weighted by atomic mass is 16.6. The van der Waals surface area contributed by atoms with Crippen LogP contribution in [0.5, 0.6) is 0 Å². The molecule has 0 amide bonds. The minimum atomic E-state index is -1.47. The number of piperidine rings is 4. The van der Waals surface area contributed by atoms with Crippen LogP contribution in [-0.4, -0.2) is 107 Å². The quantitative estimate of drug-likeness (QED) is 0.142. The highest BCUT2D eigenvalue weighted by Crippen LogP contribution is 2.45. The lowest BCUT2D eigenvalue weighted by molar-refractivity contribution is -0.300. The number of carbonyl (C=O) groups excluding carboxylic acids is 4. The summed E-state index contributed by atoms with van der Waals surface area (Å²) in [5.74, 6) is -5.94. The first-order valence-electron chi connectivity index (χ1n) is 21.9. The first-order valence-corrected chi connectivity index (χ1v) is 21.9. The van der Waals surface area contributed by atoms with Gasteiger partial charge in [-0.05, 0) is 130 Å². The van der Waals surface area contributed by atoms with Crippen molar-refractivity contribution in [3.63, 3.8) is 0 Å². The number of ether oxygens (including phenoxy) is 3. The lowest BCUT2D eigenvalue weighted by Gasteiger charge is -2.50. The van der Waals surface area contributed by atoms with E-state index >= 15 is 0 Å². The summed E-state index contributed by atoms with van der Waals surface area (Å²) in [5, 5.41) is 56.8. The van der Waals surface area contributed by atoms with Gasteiger partial charge in [-0.1, -0.05) is 0 Å². The van der Waals surface area contributed by atoms with Crippen LogP contribution in [-0.2, 0) is 54.2 Å². The standard InChI is InChI=1S/C45H76N4O11/c1-38(2)20-28(21-39(3,4)46(38)54)17-34(50)32(18-35(51)58-29-22-40(5,6)47(55)41(7,8)23-29)33(37(53)60-31-26-44(13,14)49(57)45(15,16)27-31)19-36(52)59-30-24-42(9,10)48(56)43(11,12)25-30/h28-33H,17-27H2,1-16H3. The van der Waals surface area contributed by atoms with Crippen molar-refractivity contribution < 1.29 is 54.2 Å². The van der Waals surface area contributed by atoms with E-state index in [1.807, 2.05) is 27.7 Å². The summed E-state index contributed by atoms with van der Waals surface area (Å²) in [5.41, 5.74) is -6.78. The van der Waals surface area contributed by atoms with Crippen molar-refractivity contribution in [2.24, 2.45) is 17.8 Å². The van der Waals surface area contributed by atoms with Gasteiger partial charge in [0.15, 0.2) is 0 Å². The number of esters is 3. The molecule has 4 fully saturated rings. The zero-order chi connectivity index (χ0) is 46.0. The molecule has 0 bridgehead atoms. The second kappa shape index (κ2) is 17.0. The van der Waals surface area contributed by atoms with E-state index in [-0.39, 0.29) is 50.9 Å². The Labute approximate surface area is 359 Å². The molecule has 4 rings (SSSR count). The number of rotatable bonds is 12. The van der Waals surface area contributed by atoms with Crippen molar-refractivity contribution in [3.8, 4) is 0 Å². The van der Waals surface area contributed by atoms with Crippen molar-refractivity contribution in [2.75, 3.05) is 0 Å². The molecule has 0 saturated carbocycles. The summed E-state index contributed by atoms with van der Waals surface area (Å²) in [4.78, 5) is 57.8. The molecular formula is C45H76N4O11. The summed E-state index contributed by atoms with van der Waals surface area (Å²) in [6, 6.07) is 0. The second-order valence-corrected chi connectivity index (χ2v) is 23.8. The van der Waals surface area contributed by atoms with Crippen LogP contribution in [0.15, 0.2) is 0 Å². The predicted octanol–water partition coefficient (Wildman–Crippen LogP) is 7.30. The number of Topliss-reactive ketones (excluding diaryl/α,β-unsaturated/α-hetero) is 1. The predicted molar refractivity (Wildman–Crippen MR) is 219 cm³/mol. The van der Waals surface area contributed by atoms with E-state index < -0.39 is 111 Å². The second-order valence-electron chi connectivity index (χ2n) is 23.8. The van der Waals surface area contributed by atoms with Gasteiger partial charge < -0.3 is 14.2 Å². The molecule has 4 saturated heterocycles. The maximum absolute atomic E-state index is 14.9. The third-order valence-corrected chi connectivity index (χ3v) is 13.7. The number of hydroxylamine groups is 8. The Morgan fingerprint density at radius 2 is 0.667 bits per heavy atom. The van der Waals surface area contributed by atoms with Crippen LogP contribution in [0.1, 0.15) is 181 Å². The fourth-order valence-electron chi connectivity index (χ4n) is 11.8. The van der Waals surface area contributed by atoms with Gasteiger partial charge in [0.2, 0.25) is 0 Å². The Morgan fingerprint density at radius 1 is 0.417 bits per heavy atom. The van der Waals surface area contributed by atoms with E-state index in [2.05, 4.69) is 0 Å². The third kappa shape index (κ3) is 11.3. The van der Waals surface area contributed by atoms with Crippen molar-refractivity contribution >= 4 is 23.7 Å². The number of hydrogen-bond donors (Lipinski definition) is 0. The SMILES string of the molecule is CC1(C)CC(CC(=O)C(CC(=O)OC2CC(C)(C)N([O])C(C)(C)C2)C(CC(=O)OC2CC(C)(C)N([O])C(C)(C)C2)C(=O)OC2CC(C)(C)N([O])C(C)(C)C2)CC(C)(C)N1[O]. The molecule has 2 atom stereocenters. The molecule has 0 spiro atoms. The molecule has 60 heavy (non-hydrogen) atoms. The van der Waals surface area contributed by atoms with Gasteiger partial charge in [0.1, 0.15) is 24.1 Å². The normalized spacial score (nSPS) is 28.3. The smallest absolute Gasteiger partial charge is 0.310 e. The number of nitrogens with zero attached hydrogens (tertiary/aromatic N) is 4. The molecule has 0 aromatic carbocycles. The minimum absolute atomic E-state index is 0.0644. The monoisotopic (exact) mass is 849 g/mol. The fourth-order valence-corrected chi connectivity index (χ4v) is 11.8. The lowest BCUT2D eigenvalue weighted by Crippen LogP contribution is -2.60. The highest BCUT2D eigenvalue weighted by molar-refractivity contribution is 5.92. The molecule has 4 heterocycles. The molecule has 15 heteroatoms. The molecule has 2 unspecified atom stereocenters. The maximum Gasteiger partial charge on any atom is 0.310 e. The molecule has 4 aliphatic rings. The largest absolute Gasteiger partial charge is 0.462 e. The van der Waals surface area contributed by atoms with Gasteiger partial charge in [0, 0.05) is 95.2 Å². The summed E-state index contributed by atoms with van der Waals surface area (Å²) in [6.07, 6.45) is -1.08. The van der Waals surface area contributed by atoms with Crippen LogP contribution in [0.3, 0.4) is 0 Å². The number of hydrogen-bond acceptors (Lipinski definition) is 11. The van der Waals surface area contributed by atoms with Crippen molar-refractivity contribution in [1.82, 2.24) is 20.3 Å². The lowest BCUT2D eigenvalue weighted by atomic mass is 9.71. The highest BCUT2D eigenvalue weighted by Gasteiger charge is 2.53. The van der Waals surface area contributed by atoms with E-state index in [4.69, 9.17) is 14.2 Å².